The number of ether oxygens (including phenoxy) is 1. The van der Waals surface area contributed by atoms with Crippen molar-refractivity contribution in [2.24, 2.45) is 0 Å². The maximum absolute atomic E-state index is 12.9. The van der Waals surface area contributed by atoms with Gasteiger partial charge in [-0.05, 0) is 65.8 Å². The predicted octanol–water partition coefficient (Wildman–Crippen LogP) is 6.74. The van der Waals surface area contributed by atoms with Gasteiger partial charge in [0.1, 0.15) is 11.6 Å². The summed E-state index contributed by atoms with van der Waals surface area (Å²) in [5, 5.41) is 0. The van der Waals surface area contributed by atoms with Crippen LogP contribution in [0.2, 0.25) is 0 Å². The minimum absolute atomic E-state index is 0.210. The van der Waals surface area contributed by atoms with Crippen LogP contribution < -0.4 is 4.74 Å². The summed E-state index contributed by atoms with van der Waals surface area (Å²) in [7, 11) is 0. The van der Waals surface area contributed by atoms with Crippen molar-refractivity contribution < 1.29 is 9.13 Å². The number of rotatable bonds is 7. The molecule has 0 saturated carbocycles. The van der Waals surface area contributed by atoms with Crippen LogP contribution in [-0.4, -0.2) is 6.61 Å². The van der Waals surface area contributed by atoms with Gasteiger partial charge in [0, 0.05) is 0 Å². The van der Waals surface area contributed by atoms with E-state index >= 15 is 0 Å². The van der Waals surface area contributed by atoms with Crippen LogP contribution in [0, 0.1) is 5.82 Å². The third-order valence-corrected chi connectivity index (χ3v) is 4.62. The maximum Gasteiger partial charge on any atom is 0.123 e. The molecule has 0 amide bonds. The Balaban J connectivity index is 1.60. The Bertz CT molecular complexity index is 862. The molecule has 0 saturated heterocycles. The van der Waals surface area contributed by atoms with Gasteiger partial charge >= 0.3 is 0 Å². The number of halogens is 1. The van der Waals surface area contributed by atoms with E-state index in [2.05, 4.69) is 43.3 Å². The van der Waals surface area contributed by atoms with Crippen LogP contribution in [0.25, 0.3) is 12.2 Å². The predicted molar refractivity (Wildman–Crippen MR) is 112 cm³/mol. The van der Waals surface area contributed by atoms with E-state index in [9.17, 15) is 4.39 Å². The van der Waals surface area contributed by atoms with Gasteiger partial charge in [0.05, 0.1) is 6.61 Å². The van der Waals surface area contributed by atoms with E-state index in [0.717, 1.165) is 23.3 Å². The van der Waals surface area contributed by atoms with Crippen LogP contribution in [0.4, 0.5) is 4.39 Å². The molecule has 138 valence electrons. The summed E-state index contributed by atoms with van der Waals surface area (Å²) in [4.78, 5) is 0. The van der Waals surface area contributed by atoms with Crippen molar-refractivity contribution in [3.05, 3.63) is 101 Å². The first kappa shape index (κ1) is 18.9. The summed E-state index contributed by atoms with van der Waals surface area (Å²) >= 11 is 0. The minimum Gasteiger partial charge on any atom is -0.494 e. The van der Waals surface area contributed by atoms with Gasteiger partial charge in [-0.3, -0.25) is 0 Å². The van der Waals surface area contributed by atoms with Gasteiger partial charge in [-0.2, -0.15) is 0 Å². The van der Waals surface area contributed by atoms with Gasteiger partial charge in [-0.25, -0.2) is 4.39 Å². The Morgan fingerprint density at radius 3 is 1.93 bits per heavy atom. The number of hydrogen-bond acceptors (Lipinski definition) is 1. The highest BCUT2D eigenvalue weighted by atomic mass is 19.1. The van der Waals surface area contributed by atoms with Gasteiger partial charge in [0.15, 0.2) is 0 Å². The molecule has 0 fully saturated rings. The van der Waals surface area contributed by atoms with Gasteiger partial charge < -0.3 is 4.74 Å². The van der Waals surface area contributed by atoms with Gasteiger partial charge in [-0.15, -0.1) is 0 Å². The Labute approximate surface area is 161 Å². The molecule has 1 atom stereocenters. The van der Waals surface area contributed by atoms with Crippen LogP contribution >= 0.6 is 0 Å². The molecular formula is C25H25FO. The molecule has 2 heteroatoms. The lowest BCUT2D eigenvalue weighted by Crippen LogP contribution is -1.99. The van der Waals surface area contributed by atoms with Crippen LogP contribution in [0.5, 0.6) is 5.75 Å². The van der Waals surface area contributed by atoms with Crippen LogP contribution in [-0.2, 0) is 6.42 Å². The maximum atomic E-state index is 12.9. The van der Waals surface area contributed by atoms with E-state index < -0.39 is 0 Å². The van der Waals surface area contributed by atoms with E-state index in [1.165, 1.54) is 23.3 Å². The molecule has 0 aromatic heterocycles. The largest absolute Gasteiger partial charge is 0.494 e. The molecule has 27 heavy (non-hydrogen) atoms. The number of benzene rings is 3. The molecule has 3 aromatic carbocycles. The zero-order valence-corrected chi connectivity index (χ0v) is 15.9. The topological polar surface area (TPSA) is 9.23 Å². The molecule has 0 spiro atoms. The van der Waals surface area contributed by atoms with E-state index in [1.807, 2.05) is 31.2 Å². The first-order chi connectivity index (χ1) is 13.1. The van der Waals surface area contributed by atoms with Crippen molar-refractivity contribution in [3.8, 4) is 5.75 Å². The van der Waals surface area contributed by atoms with Gasteiger partial charge in [0.2, 0.25) is 0 Å². The molecular weight excluding hydrogens is 335 g/mol. The Hall–Kier alpha value is -2.87. The quantitative estimate of drug-likeness (QED) is 0.424. The zero-order chi connectivity index (χ0) is 19.1. The van der Waals surface area contributed by atoms with Crippen LogP contribution in [0.1, 0.15) is 42.0 Å². The summed E-state index contributed by atoms with van der Waals surface area (Å²) in [5.74, 6) is 1.16. The van der Waals surface area contributed by atoms with E-state index in [0.29, 0.717) is 12.5 Å². The standard InChI is InChI=1S/C25H25FO/c1-3-27-25-16-12-23(13-17-25)19(2)18-22-8-6-20(7-9-22)4-5-21-10-14-24(26)15-11-21/h4-17,19H,3,18H2,1-2H3/t19-/m0/s1. The third-order valence-electron chi connectivity index (χ3n) is 4.62. The van der Waals surface area contributed by atoms with Crippen LogP contribution in [0.15, 0.2) is 72.8 Å². The second-order valence-corrected chi connectivity index (χ2v) is 6.73. The van der Waals surface area contributed by atoms with Crippen molar-refractivity contribution >= 4 is 12.2 Å². The molecule has 0 aliphatic rings. The molecule has 3 aromatic rings. The lowest BCUT2D eigenvalue weighted by atomic mass is 9.93. The molecule has 0 heterocycles. The fraction of sp³-hybridized carbons (Fsp3) is 0.200. The number of hydrogen-bond donors (Lipinski definition) is 0. The second kappa shape index (κ2) is 9.18. The van der Waals surface area contributed by atoms with Crippen molar-refractivity contribution in [1.29, 1.82) is 0 Å². The first-order valence-corrected chi connectivity index (χ1v) is 9.39. The molecule has 0 N–H and O–H groups in total. The third kappa shape index (κ3) is 5.55. The Morgan fingerprint density at radius 1 is 0.815 bits per heavy atom. The molecule has 1 nitrogen and oxygen atoms in total. The highest BCUT2D eigenvalue weighted by Gasteiger charge is 2.07. The van der Waals surface area contributed by atoms with Crippen molar-refractivity contribution in [2.45, 2.75) is 26.2 Å². The van der Waals surface area contributed by atoms with Crippen molar-refractivity contribution in [1.82, 2.24) is 0 Å². The Morgan fingerprint density at radius 2 is 1.37 bits per heavy atom. The summed E-state index contributed by atoms with van der Waals surface area (Å²) in [5.41, 5.74) is 4.76. The SMILES string of the molecule is CCOc1ccc([C@@H](C)Cc2ccc(C=Cc3ccc(F)cc3)cc2)cc1. The fourth-order valence-corrected chi connectivity index (χ4v) is 3.06. The second-order valence-electron chi connectivity index (χ2n) is 6.73. The molecule has 0 aliphatic heterocycles. The monoisotopic (exact) mass is 360 g/mol. The summed E-state index contributed by atoms with van der Waals surface area (Å²) < 4.78 is 18.5. The molecule has 0 aliphatic carbocycles. The molecule has 0 unspecified atom stereocenters. The Kier molecular flexibility index (Phi) is 6.43. The van der Waals surface area contributed by atoms with E-state index in [4.69, 9.17) is 4.74 Å². The smallest absolute Gasteiger partial charge is 0.123 e. The zero-order valence-electron chi connectivity index (χ0n) is 15.9. The highest BCUT2D eigenvalue weighted by molar-refractivity contribution is 5.69. The summed E-state index contributed by atoms with van der Waals surface area (Å²) in [6.07, 6.45) is 5.04. The first-order valence-electron chi connectivity index (χ1n) is 9.39. The molecule has 3 rings (SSSR count). The normalized spacial score (nSPS) is 12.3. The van der Waals surface area contributed by atoms with E-state index in [-0.39, 0.29) is 5.82 Å². The van der Waals surface area contributed by atoms with Crippen molar-refractivity contribution in [2.75, 3.05) is 6.61 Å². The average molecular weight is 360 g/mol. The highest BCUT2D eigenvalue weighted by Crippen LogP contribution is 2.23. The molecule has 0 radical (unpaired) electrons. The average Bonchev–Trinajstić information content (AvgIpc) is 2.69. The van der Waals surface area contributed by atoms with Crippen molar-refractivity contribution in [3.63, 3.8) is 0 Å². The van der Waals surface area contributed by atoms with Gasteiger partial charge in [-0.1, -0.05) is 67.6 Å². The van der Waals surface area contributed by atoms with E-state index in [1.54, 1.807) is 12.1 Å². The lowest BCUT2D eigenvalue weighted by Gasteiger charge is -2.13. The van der Waals surface area contributed by atoms with Gasteiger partial charge in [0.25, 0.3) is 0 Å². The fourth-order valence-electron chi connectivity index (χ4n) is 3.06. The lowest BCUT2D eigenvalue weighted by molar-refractivity contribution is 0.340. The molecule has 0 bridgehead atoms. The summed E-state index contributed by atoms with van der Waals surface area (Å²) in [6.45, 7) is 4.93. The van der Waals surface area contributed by atoms with Crippen LogP contribution in [0.3, 0.4) is 0 Å². The summed E-state index contributed by atoms with van der Waals surface area (Å²) in [6, 6.07) is 23.5. The minimum atomic E-state index is -0.210.